The minimum Gasteiger partial charge on any atom is -0.497 e. The lowest BCUT2D eigenvalue weighted by Gasteiger charge is -2.14. The van der Waals surface area contributed by atoms with Gasteiger partial charge in [0.1, 0.15) is 11.6 Å². The molecule has 2 unspecified atom stereocenters. The van der Waals surface area contributed by atoms with Crippen LogP contribution in [0.3, 0.4) is 0 Å². The predicted molar refractivity (Wildman–Crippen MR) is 80.6 cm³/mol. The fraction of sp³-hybridized carbons (Fsp3) is 0.500. The van der Waals surface area contributed by atoms with Crippen molar-refractivity contribution in [2.24, 2.45) is 11.8 Å². The van der Waals surface area contributed by atoms with E-state index in [2.05, 4.69) is 32.2 Å². The zero-order valence-electron chi connectivity index (χ0n) is 12.2. The van der Waals surface area contributed by atoms with Gasteiger partial charge in [-0.1, -0.05) is 12.1 Å². The van der Waals surface area contributed by atoms with Crippen molar-refractivity contribution in [3.63, 3.8) is 0 Å². The summed E-state index contributed by atoms with van der Waals surface area (Å²) < 4.78 is 5.17. The number of fused-ring (bicyclic) bond motifs is 1. The highest BCUT2D eigenvalue weighted by Crippen LogP contribution is 2.45. The molecule has 5 nitrogen and oxygen atoms in total. The zero-order chi connectivity index (χ0) is 14.2. The SMILES string of the molecule is COc1ccc(CCc2nc(N3CC4CC4C3)n[nH]2)cc1. The van der Waals surface area contributed by atoms with E-state index < -0.39 is 0 Å². The van der Waals surface area contributed by atoms with Crippen LogP contribution in [0, 0.1) is 11.8 Å². The zero-order valence-corrected chi connectivity index (χ0v) is 12.2. The van der Waals surface area contributed by atoms with E-state index in [4.69, 9.17) is 4.74 Å². The molecule has 0 bridgehead atoms. The first-order chi connectivity index (χ1) is 10.3. The fourth-order valence-electron chi connectivity index (χ4n) is 3.15. The van der Waals surface area contributed by atoms with E-state index in [0.29, 0.717) is 0 Å². The number of piperidine rings is 1. The van der Waals surface area contributed by atoms with Crippen molar-refractivity contribution in [2.45, 2.75) is 19.3 Å². The van der Waals surface area contributed by atoms with Crippen molar-refractivity contribution < 1.29 is 4.74 Å². The summed E-state index contributed by atoms with van der Waals surface area (Å²) in [6, 6.07) is 8.20. The summed E-state index contributed by atoms with van der Waals surface area (Å²) in [6.07, 6.45) is 3.26. The van der Waals surface area contributed by atoms with Gasteiger partial charge in [0.15, 0.2) is 0 Å². The van der Waals surface area contributed by atoms with E-state index in [-0.39, 0.29) is 0 Å². The Kier molecular flexibility index (Phi) is 3.05. The van der Waals surface area contributed by atoms with E-state index in [1.165, 1.54) is 12.0 Å². The van der Waals surface area contributed by atoms with Crippen LogP contribution in [-0.4, -0.2) is 35.4 Å². The number of methoxy groups -OCH3 is 1. The van der Waals surface area contributed by atoms with Gasteiger partial charge in [-0.25, -0.2) is 0 Å². The summed E-state index contributed by atoms with van der Waals surface area (Å²) >= 11 is 0. The Labute approximate surface area is 124 Å². The Hall–Kier alpha value is -2.04. The molecule has 0 radical (unpaired) electrons. The highest BCUT2D eigenvalue weighted by Gasteiger charge is 2.45. The molecule has 110 valence electrons. The maximum Gasteiger partial charge on any atom is 0.244 e. The summed E-state index contributed by atoms with van der Waals surface area (Å²) in [5.74, 6) is 4.57. The summed E-state index contributed by atoms with van der Waals surface area (Å²) in [5, 5.41) is 7.44. The first-order valence-electron chi connectivity index (χ1n) is 7.61. The van der Waals surface area contributed by atoms with Crippen molar-refractivity contribution in [3.05, 3.63) is 35.7 Å². The largest absolute Gasteiger partial charge is 0.497 e. The van der Waals surface area contributed by atoms with E-state index in [9.17, 15) is 0 Å². The van der Waals surface area contributed by atoms with Gasteiger partial charge in [-0.15, -0.1) is 5.10 Å². The first kappa shape index (κ1) is 12.7. The second-order valence-electron chi connectivity index (χ2n) is 6.09. The van der Waals surface area contributed by atoms with E-state index >= 15 is 0 Å². The molecule has 2 aromatic rings. The van der Waals surface area contributed by atoms with Crippen LogP contribution in [0.25, 0.3) is 0 Å². The van der Waals surface area contributed by atoms with Crippen LogP contribution >= 0.6 is 0 Å². The first-order valence-corrected chi connectivity index (χ1v) is 7.61. The number of anilines is 1. The van der Waals surface area contributed by atoms with Crippen molar-refractivity contribution in [1.82, 2.24) is 15.2 Å². The van der Waals surface area contributed by atoms with Crippen molar-refractivity contribution in [3.8, 4) is 5.75 Å². The maximum absolute atomic E-state index is 5.17. The lowest BCUT2D eigenvalue weighted by Crippen LogP contribution is -2.22. The van der Waals surface area contributed by atoms with E-state index in [0.717, 1.165) is 55.3 Å². The van der Waals surface area contributed by atoms with Gasteiger partial charge >= 0.3 is 0 Å². The van der Waals surface area contributed by atoms with Gasteiger partial charge in [-0.3, -0.25) is 5.10 Å². The Morgan fingerprint density at radius 1 is 1.19 bits per heavy atom. The van der Waals surface area contributed by atoms with Crippen LogP contribution in [0.5, 0.6) is 5.75 Å². The van der Waals surface area contributed by atoms with Gasteiger partial charge in [0.2, 0.25) is 5.95 Å². The summed E-state index contributed by atoms with van der Waals surface area (Å²) in [4.78, 5) is 6.94. The van der Waals surface area contributed by atoms with Gasteiger partial charge in [-0.2, -0.15) is 4.98 Å². The standard InChI is InChI=1S/C16H20N4O/c1-21-14-5-2-11(3-6-14)4-7-15-17-16(19-18-15)20-9-12-8-13(12)10-20/h2-3,5-6,12-13H,4,7-10H2,1H3,(H,17,18,19). The molecular formula is C16H20N4O. The van der Waals surface area contributed by atoms with E-state index in [1.54, 1.807) is 7.11 Å². The Morgan fingerprint density at radius 2 is 1.95 bits per heavy atom. The van der Waals surface area contributed by atoms with Gasteiger partial charge in [0, 0.05) is 19.5 Å². The smallest absolute Gasteiger partial charge is 0.244 e. The number of H-pyrrole nitrogens is 1. The van der Waals surface area contributed by atoms with Gasteiger partial charge in [0.25, 0.3) is 0 Å². The Bertz CT molecular complexity index is 611. The lowest BCUT2D eigenvalue weighted by molar-refractivity contribution is 0.414. The Morgan fingerprint density at radius 3 is 2.67 bits per heavy atom. The van der Waals surface area contributed by atoms with Crippen LogP contribution in [0.4, 0.5) is 5.95 Å². The molecular weight excluding hydrogens is 264 g/mol. The van der Waals surface area contributed by atoms with Gasteiger partial charge in [-0.05, 0) is 42.4 Å². The molecule has 2 heterocycles. The number of nitrogens with zero attached hydrogens (tertiary/aromatic N) is 3. The molecule has 1 saturated carbocycles. The molecule has 2 aliphatic rings. The maximum atomic E-state index is 5.17. The molecule has 1 aliphatic heterocycles. The minimum atomic E-state index is 0.881. The monoisotopic (exact) mass is 284 g/mol. The molecule has 4 rings (SSSR count). The second-order valence-corrected chi connectivity index (χ2v) is 6.09. The molecule has 1 N–H and O–H groups in total. The average molecular weight is 284 g/mol. The number of nitrogens with one attached hydrogen (secondary N) is 1. The topological polar surface area (TPSA) is 54.0 Å². The second kappa shape index (κ2) is 5.06. The summed E-state index contributed by atoms with van der Waals surface area (Å²) in [5.41, 5.74) is 1.29. The number of aryl methyl sites for hydroxylation is 2. The van der Waals surface area contributed by atoms with Crippen LogP contribution in [0.15, 0.2) is 24.3 Å². The van der Waals surface area contributed by atoms with Crippen LogP contribution in [-0.2, 0) is 12.8 Å². The molecule has 21 heavy (non-hydrogen) atoms. The van der Waals surface area contributed by atoms with Crippen LogP contribution < -0.4 is 9.64 Å². The number of benzene rings is 1. The number of aromatic amines is 1. The number of rotatable bonds is 5. The third-order valence-corrected chi connectivity index (χ3v) is 4.59. The van der Waals surface area contributed by atoms with Gasteiger partial charge in [0.05, 0.1) is 7.11 Å². The number of hydrogen-bond acceptors (Lipinski definition) is 4. The van der Waals surface area contributed by atoms with Gasteiger partial charge < -0.3 is 9.64 Å². The normalized spacial score (nSPS) is 23.2. The molecule has 1 aromatic carbocycles. The third-order valence-electron chi connectivity index (χ3n) is 4.59. The number of aromatic nitrogens is 3. The third kappa shape index (κ3) is 2.60. The molecule has 5 heteroatoms. The van der Waals surface area contributed by atoms with Crippen molar-refractivity contribution >= 4 is 5.95 Å². The van der Waals surface area contributed by atoms with Crippen molar-refractivity contribution in [2.75, 3.05) is 25.1 Å². The van der Waals surface area contributed by atoms with Crippen molar-refractivity contribution in [1.29, 1.82) is 0 Å². The molecule has 0 amide bonds. The molecule has 2 atom stereocenters. The predicted octanol–water partition coefficient (Wildman–Crippen LogP) is 2.05. The number of ether oxygens (including phenoxy) is 1. The lowest BCUT2D eigenvalue weighted by atomic mass is 10.1. The average Bonchev–Trinajstić information content (AvgIpc) is 2.93. The highest BCUT2D eigenvalue weighted by atomic mass is 16.5. The highest BCUT2D eigenvalue weighted by molar-refractivity contribution is 5.34. The van der Waals surface area contributed by atoms with E-state index in [1.807, 2.05) is 12.1 Å². The van der Waals surface area contributed by atoms with Crippen LogP contribution in [0.2, 0.25) is 0 Å². The number of hydrogen-bond donors (Lipinski definition) is 1. The molecule has 0 spiro atoms. The quantitative estimate of drug-likeness (QED) is 0.913. The Balaban J connectivity index is 1.35. The molecule has 1 saturated heterocycles. The fourth-order valence-corrected chi connectivity index (χ4v) is 3.15. The minimum absolute atomic E-state index is 0.881. The van der Waals surface area contributed by atoms with Crippen LogP contribution in [0.1, 0.15) is 17.8 Å². The summed E-state index contributed by atoms with van der Waals surface area (Å²) in [6.45, 7) is 2.28. The molecule has 1 aromatic heterocycles. The summed E-state index contributed by atoms with van der Waals surface area (Å²) in [7, 11) is 1.69. The molecule has 1 aliphatic carbocycles. The molecule has 2 fully saturated rings.